The van der Waals surface area contributed by atoms with Crippen LogP contribution in [0.25, 0.3) is 0 Å². The van der Waals surface area contributed by atoms with Gasteiger partial charge in [-0.25, -0.2) is 8.78 Å². The van der Waals surface area contributed by atoms with E-state index < -0.39 is 17.0 Å². The van der Waals surface area contributed by atoms with Crippen molar-refractivity contribution in [1.29, 1.82) is 0 Å². The van der Waals surface area contributed by atoms with Gasteiger partial charge in [0, 0.05) is 25.2 Å². The summed E-state index contributed by atoms with van der Waals surface area (Å²) in [7, 11) is 0. The van der Waals surface area contributed by atoms with Gasteiger partial charge < -0.3 is 5.32 Å². The molecule has 3 nitrogen and oxygen atoms in total. The van der Waals surface area contributed by atoms with Crippen molar-refractivity contribution in [3.05, 3.63) is 70.8 Å². The van der Waals surface area contributed by atoms with Gasteiger partial charge in [0.1, 0.15) is 11.6 Å². The molecule has 1 spiro atoms. The largest absolute Gasteiger partial charge is 0.351 e. The van der Waals surface area contributed by atoms with Gasteiger partial charge >= 0.3 is 0 Å². The molecule has 2 heterocycles. The molecule has 5 heteroatoms. The van der Waals surface area contributed by atoms with Crippen molar-refractivity contribution in [2.75, 3.05) is 13.1 Å². The highest BCUT2D eigenvalue weighted by Crippen LogP contribution is 2.37. The minimum Gasteiger partial charge on any atom is -0.351 e. The Bertz CT molecular complexity index is 839. The summed E-state index contributed by atoms with van der Waals surface area (Å²) in [5.74, 6) is -0.769. The fourth-order valence-corrected chi connectivity index (χ4v) is 4.31. The van der Waals surface area contributed by atoms with E-state index in [4.69, 9.17) is 0 Å². The highest BCUT2D eigenvalue weighted by Gasteiger charge is 2.43. The van der Waals surface area contributed by atoms with E-state index >= 15 is 0 Å². The molecule has 2 aromatic carbocycles. The molecular formula is C21H22F2N2O. The van der Waals surface area contributed by atoms with Crippen molar-refractivity contribution in [3.63, 3.8) is 0 Å². The second-order valence-corrected chi connectivity index (χ2v) is 7.46. The number of carbonyl (C=O) groups excluding carboxylic acids is 1. The van der Waals surface area contributed by atoms with E-state index in [1.807, 2.05) is 12.1 Å². The summed E-state index contributed by atoms with van der Waals surface area (Å²) in [4.78, 5) is 15.0. The molecule has 4 rings (SSSR count). The molecule has 1 amide bonds. The van der Waals surface area contributed by atoms with Crippen LogP contribution in [0, 0.1) is 17.0 Å². The average Bonchev–Trinajstić information content (AvgIpc) is 2.76. The number of nitrogens with one attached hydrogen (secondary N) is 1. The van der Waals surface area contributed by atoms with Gasteiger partial charge in [0.2, 0.25) is 5.91 Å². The van der Waals surface area contributed by atoms with E-state index in [0.717, 1.165) is 31.0 Å². The molecule has 136 valence electrons. The van der Waals surface area contributed by atoms with Crippen molar-refractivity contribution in [2.45, 2.75) is 32.4 Å². The van der Waals surface area contributed by atoms with Crippen molar-refractivity contribution in [3.8, 4) is 0 Å². The quantitative estimate of drug-likeness (QED) is 0.894. The van der Waals surface area contributed by atoms with Crippen LogP contribution in [0.2, 0.25) is 0 Å². The first-order valence-corrected chi connectivity index (χ1v) is 9.07. The van der Waals surface area contributed by atoms with E-state index in [2.05, 4.69) is 22.3 Å². The maximum absolute atomic E-state index is 14.0. The second-order valence-electron chi connectivity index (χ2n) is 7.46. The third-order valence-corrected chi connectivity index (χ3v) is 5.63. The second kappa shape index (κ2) is 6.80. The molecule has 1 saturated heterocycles. The number of likely N-dealkylation sites (tertiary alicyclic amines) is 1. The molecular weight excluding hydrogens is 334 g/mol. The Morgan fingerprint density at radius 3 is 2.77 bits per heavy atom. The molecule has 0 radical (unpaired) electrons. The first-order chi connectivity index (χ1) is 12.6. The number of carbonyl (C=O) groups is 1. The van der Waals surface area contributed by atoms with Crippen LogP contribution in [0.4, 0.5) is 8.78 Å². The number of nitrogens with zero attached hydrogens (tertiary/aromatic N) is 1. The molecule has 26 heavy (non-hydrogen) atoms. The summed E-state index contributed by atoms with van der Waals surface area (Å²) in [5.41, 5.74) is 2.20. The van der Waals surface area contributed by atoms with E-state index in [0.29, 0.717) is 31.6 Å². The van der Waals surface area contributed by atoms with Gasteiger partial charge in [-0.1, -0.05) is 24.3 Å². The Labute approximate surface area is 152 Å². The number of halogens is 2. The maximum atomic E-state index is 14.0. The molecule has 2 aliphatic heterocycles. The molecule has 0 saturated carbocycles. The summed E-state index contributed by atoms with van der Waals surface area (Å²) < 4.78 is 27.5. The van der Waals surface area contributed by atoms with Gasteiger partial charge in [-0.2, -0.15) is 0 Å². The molecule has 0 aliphatic carbocycles. The van der Waals surface area contributed by atoms with Crippen molar-refractivity contribution < 1.29 is 13.6 Å². The molecule has 2 aliphatic rings. The van der Waals surface area contributed by atoms with Gasteiger partial charge in [-0.15, -0.1) is 0 Å². The highest BCUT2D eigenvalue weighted by atomic mass is 19.1. The molecule has 1 fully saturated rings. The topological polar surface area (TPSA) is 32.3 Å². The Morgan fingerprint density at radius 2 is 1.92 bits per heavy atom. The van der Waals surface area contributed by atoms with Gasteiger partial charge in [0.25, 0.3) is 0 Å². The monoisotopic (exact) mass is 356 g/mol. The third-order valence-electron chi connectivity index (χ3n) is 5.63. The number of amides is 1. The van der Waals surface area contributed by atoms with Crippen LogP contribution in [0.3, 0.4) is 0 Å². The predicted molar refractivity (Wildman–Crippen MR) is 95.3 cm³/mol. The molecule has 2 aromatic rings. The normalized spacial score (nSPS) is 23.4. The Kier molecular flexibility index (Phi) is 4.49. The first kappa shape index (κ1) is 17.2. The van der Waals surface area contributed by atoms with Gasteiger partial charge in [-0.3, -0.25) is 9.69 Å². The number of hydrogen-bond acceptors (Lipinski definition) is 2. The molecule has 1 unspecified atom stereocenters. The smallest absolute Gasteiger partial charge is 0.228 e. The maximum Gasteiger partial charge on any atom is 0.228 e. The van der Waals surface area contributed by atoms with Gasteiger partial charge in [0.05, 0.1) is 5.41 Å². The lowest BCUT2D eigenvalue weighted by molar-refractivity contribution is -0.134. The molecule has 1 N–H and O–H groups in total. The van der Waals surface area contributed by atoms with Crippen LogP contribution in [0.1, 0.15) is 29.5 Å². The van der Waals surface area contributed by atoms with Crippen LogP contribution in [-0.2, 0) is 24.3 Å². The minimum atomic E-state index is -0.505. The summed E-state index contributed by atoms with van der Waals surface area (Å²) in [6.45, 7) is 2.21. The summed E-state index contributed by atoms with van der Waals surface area (Å²) in [6.07, 6.45) is 2.37. The molecule has 0 bridgehead atoms. The fourth-order valence-electron chi connectivity index (χ4n) is 4.31. The molecule has 1 atom stereocenters. The summed E-state index contributed by atoms with van der Waals surface area (Å²) in [6, 6.07) is 11.7. The van der Waals surface area contributed by atoms with Crippen molar-refractivity contribution in [2.24, 2.45) is 5.41 Å². The minimum absolute atomic E-state index is 0.0677. The lowest BCUT2D eigenvalue weighted by Gasteiger charge is -2.41. The SMILES string of the molecule is O=C1NCc2ccccc2CC12CCCN(Cc1cc(F)ccc1F)C2. The number of piperidine rings is 1. The number of benzene rings is 2. The Morgan fingerprint density at radius 1 is 1.12 bits per heavy atom. The van der Waals surface area contributed by atoms with Gasteiger partial charge in [0.15, 0.2) is 0 Å². The van der Waals surface area contributed by atoms with E-state index in [1.54, 1.807) is 0 Å². The van der Waals surface area contributed by atoms with E-state index in [9.17, 15) is 13.6 Å². The fraction of sp³-hybridized carbons (Fsp3) is 0.381. The van der Waals surface area contributed by atoms with Crippen LogP contribution in [-0.4, -0.2) is 23.9 Å². The molecule has 0 aromatic heterocycles. The van der Waals surface area contributed by atoms with E-state index in [-0.39, 0.29) is 5.91 Å². The number of rotatable bonds is 2. The zero-order valence-corrected chi connectivity index (χ0v) is 14.6. The lowest BCUT2D eigenvalue weighted by Crippen LogP contribution is -2.51. The third kappa shape index (κ3) is 3.23. The Balaban J connectivity index is 1.59. The zero-order chi connectivity index (χ0) is 18.1. The number of fused-ring (bicyclic) bond motifs is 1. The Hall–Kier alpha value is -2.27. The standard InChI is InChI=1S/C21H22F2N2O/c22-18-6-7-19(23)17(10-18)13-25-9-3-8-21(14-25)11-15-4-1-2-5-16(15)12-24-20(21)26/h1-2,4-7,10H,3,8-9,11-14H2,(H,24,26). The van der Waals surface area contributed by atoms with E-state index in [1.165, 1.54) is 17.7 Å². The average molecular weight is 356 g/mol. The summed E-state index contributed by atoms with van der Waals surface area (Å²) >= 11 is 0. The van der Waals surface area contributed by atoms with Gasteiger partial charge in [-0.05, 0) is 55.1 Å². The van der Waals surface area contributed by atoms with Crippen LogP contribution in [0.5, 0.6) is 0 Å². The predicted octanol–water partition coefficient (Wildman–Crippen LogP) is 3.42. The van der Waals surface area contributed by atoms with Crippen LogP contribution < -0.4 is 5.32 Å². The van der Waals surface area contributed by atoms with Crippen molar-refractivity contribution >= 4 is 5.91 Å². The zero-order valence-electron chi connectivity index (χ0n) is 14.6. The number of hydrogen-bond donors (Lipinski definition) is 1. The highest BCUT2D eigenvalue weighted by molar-refractivity contribution is 5.84. The lowest BCUT2D eigenvalue weighted by atomic mass is 9.74. The van der Waals surface area contributed by atoms with Crippen molar-refractivity contribution in [1.82, 2.24) is 10.2 Å². The first-order valence-electron chi connectivity index (χ1n) is 9.07. The van der Waals surface area contributed by atoms with Crippen LogP contribution >= 0.6 is 0 Å². The van der Waals surface area contributed by atoms with Crippen LogP contribution in [0.15, 0.2) is 42.5 Å². The summed E-state index contributed by atoms with van der Waals surface area (Å²) in [5, 5.41) is 3.07.